The maximum atomic E-state index is 13.0. The van der Waals surface area contributed by atoms with Gasteiger partial charge in [0, 0.05) is 12.1 Å². The van der Waals surface area contributed by atoms with Crippen molar-refractivity contribution in [2.45, 2.75) is 26.7 Å². The standard InChI is InChI=1S/C19H22N2O6/c1-9(2)15-11-5-6-12(15)17(19(23)24)16(11)18(22)20-13-8-10(21(25)26)4-7-14(13)27-3/h4,7-8,11-12,16-17H,5-6H2,1-3H3,(H,20,22)(H,23,24). The minimum atomic E-state index is -0.980. The molecular weight excluding hydrogens is 352 g/mol. The van der Waals surface area contributed by atoms with Crippen LogP contribution in [0.5, 0.6) is 5.75 Å². The average Bonchev–Trinajstić information content (AvgIpc) is 3.17. The average molecular weight is 374 g/mol. The molecule has 8 nitrogen and oxygen atoms in total. The van der Waals surface area contributed by atoms with Crippen molar-refractivity contribution >= 4 is 23.3 Å². The van der Waals surface area contributed by atoms with E-state index in [4.69, 9.17) is 4.74 Å². The highest BCUT2D eigenvalue weighted by atomic mass is 16.6. The zero-order valence-corrected chi connectivity index (χ0v) is 15.4. The molecule has 0 radical (unpaired) electrons. The second-order valence-electron chi connectivity index (χ2n) is 7.27. The predicted molar refractivity (Wildman–Crippen MR) is 97.5 cm³/mol. The fourth-order valence-corrected chi connectivity index (χ4v) is 4.73. The molecule has 1 amide bonds. The minimum Gasteiger partial charge on any atom is -0.495 e. The van der Waals surface area contributed by atoms with Crippen molar-refractivity contribution in [2.24, 2.45) is 23.7 Å². The van der Waals surface area contributed by atoms with Crippen molar-refractivity contribution < 1.29 is 24.4 Å². The highest BCUT2D eigenvalue weighted by Crippen LogP contribution is 2.57. The van der Waals surface area contributed by atoms with Crippen molar-refractivity contribution in [2.75, 3.05) is 12.4 Å². The molecule has 4 atom stereocenters. The van der Waals surface area contributed by atoms with Crippen LogP contribution in [0.4, 0.5) is 11.4 Å². The third kappa shape index (κ3) is 3.15. The number of amides is 1. The summed E-state index contributed by atoms with van der Waals surface area (Å²) in [6.45, 7) is 3.90. The largest absolute Gasteiger partial charge is 0.495 e. The van der Waals surface area contributed by atoms with Crippen molar-refractivity contribution in [3.8, 4) is 5.75 Å². The van der Waals surface area contributed by atoms with Gasteiger partial charge in [-0.1, -0.05) is 11.1 Å². The molecular formula is C19H22N2O6. The van der Waals surface area contributed by atoms with E-state index in [1.807, 2.05) is 13.8 Å². The van der Waals surface area contributed by atoms with Crippen LogP contribution >= 0.6 is 0 Å². The Kier molecular flexibility index (Phi) is 4.91. The van der Waals surface area contributed by atoms with E-state index in [1.165, 1.54) is 25.3 Å². The molecule has 0 saturated heterocycles. The number of carboxylic acid groups (broad SMARTS) is 1. The second-order valence-corrected chi connectivity index (χ2v) is 7.27. The third-order valence-corrected chi connectivity index (χ3v) is 5.66. The molecule has 2 N–H and O–H groups in total. The number of hydrogen-bond acceptors (Lipinski definition) is 5. The summed E-state index contributed by atoms with van der Waals surface area (Å²) in [5.74, 6) is -2.84. The van der Waals surface area contributed by atoms with Crippen molar-refractivity contribution in [3.63, 3.8) is 0 Å². The van der Waals surface area contributed by atoms with Gasteiger partial charge in [-0.2, -0.15) is 0 Å². The van der Waals surface area contributed by atoms with Gasteiger partial charge < -0.3 is 15.2 Å². The highest BCUT2D eigenvalue weighted by Gasteiger charge is 2.57. The van der Waals surface area contributed by atoms with E-state index >= 15 is 0 Å². The quantitative estimate of drug-likeness (QED) is 0.464. The number of fused-ring (bicyclic) bond motifs is 2. The molecule has 1 aromatic rings. The van der Waals surface area contributed by atoms with Crippen molar-refractivity contribution in [3.05, 3.63) is 39.5 Å². The zero-order chi connectivity index (χ0) is 19.9. The van der Waals surface area contributed by atoms with Crippen LogP contribution in [-0.2, 0) is 9.59 Å². The zero-order valence-electron chi connectivity index (χ0n) is 15.4. The van der Waals surface area contributed by atoms with Gasteiger partial charge in [0.2, 0.25) is 5.91 Å². The lowest BCUT2D eigenvalue weighted by Gasteiger charge is -2.26. The first-order valence-electron chi connectivity index (χ1n) is 8.79. The minimum absolute atomic E-state index is 0.106. The fraction of sp³-hybridized carbons (Fsp3) is 0.474. The van der Waals surface area contributed by atoms with Gasteiger partial charge in [0.1, 0.15) is 5.75 Å². The normalized spacial score (nSPS) is 26.0. The predicted octanol–water partition coefficient (Wildman–Crippen LogP) is 3.24. The van der Waals surface area contributed by atoms with E-state index in [1.54, 1.807) is 0 Å². The molecule has 2 bridgehead atoms. The number of non-ortho nitro benzene ring substituents is 1. The van der Waals surface area contributed by atoms with Gasteiger partial charge >= 0.3 is 5.97 Å². The van der Waals surface area contributed by atoms with Gasteiger partial charge in [0.15, 0.2) is 0 Å². The Hall–Kier alpha value is -2.90. The Morgan fingerprint density at radius 3 is 2.37 bits per heavy atom. The van der Waals surface area contributed by atoms with E-state index in [9.17, 15) is 24.8 Å². The summed E-state index contributed by atoms with van der Waals surface area (Å²) in [4.78, 5) is 35.4. The number of nitrogens with zero attached hydrogens (tertiary/aromatic N) is 1. The summed E-state index contributed by atoms with van der Waals surface area (Å²) < 4.78 is 5.18. The lowest BCUT2D eigenvalue weighted by Crippen LogP contribution is -2.37. The Morgan fingerprint density at radius 2 is 1.85 bits per heavy atom. The Morgan fingerprint density at radius 1 is 1.22 bits per heavy atom. The number of carbonyl (C=O) groups excluding carboxylic acids is 1. The summed E-state index contributed by atoms with van der Waals surface area (Å²) in [6.07, 6.45) is 1.55. The van der Waals surface area contributed by atoms with Crippen LogP contribution < -0.4 is 10.1 Å². The van der Waals surface area contributed by atoms with Crippen LogP contribution in [0.15, 0.2) is 29.3 Å². The van der Waals surface area contributed by atoms with Crippen LogP contribution in [0.1, 0.15) is 26.7 Å². The Balaban J connectivity index is 1.94. The van der Waals surface area contributed by atoms with Crippen LogP contribution in [0.2, 0.25) is 0 Å². The lowest BCUT2D eigenvalue weighted by molar-refractivity contribution is -0.384. The highest BCUT2D eigenvalue weighted by molar-refractivity contribution is 5.98. The molecule has 1 aromatic carbocycles. The van der Waals surface area contributed by atoms with Gasteiger partial charge in [0.05, 0.1) is 29.6 Å². The third-order valence-electron chi connectivity index (χ3n) is 5.66. The van der Waals surface area contributed by atoms with E-state index in [0.29, 0.717) is 0 Å². The number of methoxy groups -OCH3 is 1. The fourth-order valence-electron chi connectivity index (χ4n) is 4.73. The summed E-state index contributed by atoms with van der Waals surface area (Å²) in [5.41, 5.74) is 2.13. The van der Waals surface area contributed by atoms with Crippen molar-refractivity contribution in [1.29, 1.82) is 0 Å². The monoisotopic (exact) mass is 374 g/mol. The maximum absolute atomic E-state index is 13.0. The number of anilines is 1. The molecule has 144 valence electrons. The first-order valence-corrected chi connectivity index (χ1v) is 8.79. The summed E-state index contributed by atoms with van der Waals surface area (Å²) >= 11 is 0. The molecule has 0 heterocycles. The molecule has 4 unspecified atom stereocenters. The number of nitrogens with one attached hydrogen (secondary N) is 1. The topological polar surface area (TPSA) is 119 Å². The molecule has 2 saturated carbocycles. The molecule has 0 aliphatic heterocycles. The SMILES string of the molecule is COc1ccc([N+](=O)[O-])cc1NC(=O)C1C2CCC(C2=C(C)C)C1C(=O)O. The number of benzene rings is 1. The van der Waals surface area contributed by atoms with Gasteiger partial charge in [0.25, 0.3) is 5.69 Å². The lowest BCUT2D eigenvalue weighted by atomic mass is 9.78. The maximum Gasteiger partial charge on any atom is 0.307 e. The number of hydrogen-bond donors (Lipinski definition) is 2. The number of carboxylic acids is 1. The molecule has 0 aromatic heterocycles. The Bertz CT molecular complexity index is 843. The summed E-state index contributed by atoms with van der Waals surface area (Å²) in [7, 11) is 1.40. The smallest absolute Gasteiger partial charge is 0.307 e. The van der Waals surface area contributed by atoms with E-state index in [2.05, 4.69) is 5.32 Å². The summed E-state index contributed by atoms with van der Waals surface area (Å²) in [5, 5.41) is 23.4. The van der Waals surface area contributed by atoms with Gasteiger partial charge in [-0.25, -0.2) is 0 Å². The van der Waals surface area contributed by atoms with Gasteiger partial charge in [-0.05, 0) is 44.6 Å². The molecule has 2 aliphatic rings. The first kappa shape index (κ1) is 18.9. The van der Waals surface area contributed by atoms with E-state index < -0.39 is 28.6 Å². The number of aliphatic carboxylic acids is 1. The van der Waals surface area contributed by atoms with Gasteiger partial charge in [-0.3, -0.25) is 19.7 Å². The number of ether oxygens (including phenoxy) is 1. The Labute approximate surface area is 156 Å². The number of allylic oxidation sites excluding steroid dienone is 2. The number of nitro benzene ring substituents is 1. The molecule has 8 heteroatoms. The first-order chi connectivity index (χ1) is 12.8. The summed E-state index contributed by atoms with van der Waals surface area (Å²) in [6, 6.07) is 3.92. The van der Waals surface area contributed by atoms with E-state index in [-0.39, 0.29) is 29.0 Å². The molecule has 27 heavy (non-hydrogen) atoms. The molecule has 3 rings (SSSR count). The molecule has 2 aliphatic carbocycles. The number of rotatable bonds is 5. The van der Waals surface area contributed by atoms with Crippen LogP contribution in [0.25, 0.3) is 0 Å². The van der Waals surface area contributed by atoms with Crippen LogP contribution in [-0.4, -0.2) is 29.0 Å². The second kappa shape index (κ2) is 7.02. The molecule has 2 fully saturated rings. The number of carbonyl (C=O) groups is 2. The van der Waals surface area contributed by atoms with Crippen LogP contribution in [0.3, 0.4) is 0 Å². The van der Waals surface area contributed by atoms with E-state index in [0.717, 1.165) is 24.0 Å². The van der Waals surface area contributed by atoms with Crippen LogP contribution in [0, 0.1) is 33.8 Å². The van der Waals surface area contributed by atoms with Crippen molar-refractivity contribution in [1.82, 2.24) is 0 Å². The molecule has 0 spiro atoms. The number of nitro groups is 1. The van der Waals surface area contributed by atoms with Gasteiger partial charge in [-0.15, -0.1) is 0 Å².